The molecule has 1 atom stereocenters. The molecule has 0 aliphatic heterocycles. The van der Waals surface area contributed by atoms with Crippen LogP contribution in [0.3, 0.4) is 0 Å². The van der Waals surface area contributed by atoms with Gasteiger partial charge in [-0.15, -0.1) is 0 Å². The second kappa shape index (κ2) is 13.8. The Morgan fingerprint density at radius 2 is 1.76 bits per heavy atom. The van der Waals surface area contributed by atoms with Gasteiger partial charge in [-0.05, 0) is 18.8 Å². The first-order valence-corrected chi connectivity index (χ1v) is 10.0. The van der Waals surface area contributed by atoms with Crippen LogP contribution in [0.1, 0.15) is 61.7 Å². The van der Waals surface area contributed by atoms with Crippen LogP contribution in [0.5, 0.6) is 0 Å². The molecule has 1 unspecified atom stereocenters. The van der Waals surface area contributed by atoms with Crippen LogP contribution in [0.4, 0.5) is 8.78 Å². The highest BCUT2D eigenvalue weighted by molar-refractivity contribution is 6.31. The number of aldehydes is 1. The molecule has 1 amide bonds. The molecule has 160 valence electrons. The smallest absolute Gasteiger partial charge is 0.207 e. The van der Waals surface area contributed by atoms with Crippen LogP contribution < -0.4 is 5.32 Å². The Kier molecular flexibility index (Phi) is 11.8. The van der Waals surface area contributed by atoms with Gasteiger partial charge in [-0.25, -0.2) is 8.78 Å². The van der Waals surface area contributed by atoms with Crippen molar-refractivity contribution in [3.63, 3.8) is 0 Å². The number of halogens is 3. The van der Waals surface area contributed by atoms with Gasteiger partial charge in [0.05, 0.1) is 22.8 Å². The molecule has 0 radical (unpaired) electrons. The molecular weight excluding hydrogens is 400 g/mol. The maximum Gasteiger partial charge on any atom is 0.207 e. The summed E-state index contributed by atoms with van der Waals surface area (Å²) < 4.78 is 27.3. The quantitative estimate of drug-likeness (QED) is 0.443. The van der Waals surface area contributed by atoms with Crippen LogP contribution in [0.25, 0.3) is 0 Å². The lowest BCUT2D eigenvalue weighted by Crippen LogP contribution is -2.36. The predicted octanol–water partition coefficient (Wildman–Crippen LogP) is 5.53. The molecule has 1 aromatic heterocycles. The molecule has 0 spiro atoms. The molecule has 2 N–H and O–H groups in total. The third kappa shape index (κ3) is 8.73. The summed E-state index contributed by atoms with van der Waals surface area (Å²) in [7, 11) is 0. The number of allylic oxidation sites excluding steroid dienone is 2. The van der Waals surface area contributed by atoms with E-state index >= 15 is 0 Å². The van der Waals surface area contributed by atoms with E-state index in [2.05, 4.69) is 28.7 Å². The number of H-pyrrole nitrogens is 1. The fraction of sp³-hybridized carbons (Fsp3) is 0.476. The van der Waals surface area contributed by atoms with Crippen LogP contribution in [0.2, 0.25) is 0 Å². The van der Waals surface area contributed by atoms with Gasteiger partial charge in [0.2, 0.25) is 6.41 Å². The summed E-state index contributed by atoms with van der Waals surface area (Å²) in [5, 5.41) is 8.11. The fourth-order valence-electron chi connectivity index (χ4n) is 2.96. The molecule has 29 heavy (non-hydrogen) atoms. The largest absolute Gasteiger partial charge is 0.351 e. The summed E-state index contributed by atoms with van der Waals surface area (Å²) in [6.45, 7) is 6.35. The summed E-state index contributed by atoms with van der Waals surface area (Å²) in [6, 6.07) is -0.738. The van der Waals surface area contributed by atoms with Gasteiger partial charge in [-0.3, -0.25) is 14.7 Å². The maximum atomic E-state index is 13.9. The minimum absolute atomic E-state index is 0.000494. The van der Waals surface area contributed by atoms with E-state index in [0.29, 0.717) is 12.0 Å². The summed E-state index contributed by atoms with van der Waals surface area (Å²) in [5.74, 6) is -1.88. The molecule has 8 heteroatoms. The highest BCUT2D eigenvalue weighted by Gasteiger charge is 2.31. The zero-order chi connectivity index (χ0) is 21.6. The Labute approximate surface area is 175 Å². The van der Waals surface area contributed by atoms with Gasteiger partial charge in [-0.2, -0.15) is 5.10 Å². The van der Waals surface area contributed by atoms with E-state index in [9.17, 15) is 18.4 Å². The van der Waals surface area contributed by atoms with E-state index in [1.165, 1.54) is 38.1 Å². The number of hydrogen-bond donors (Lipinski definition) is 2. The molecule has 0 aromatic carbocycles. The first kappa shape index (κ1) is 24.8. The second-order valence-corrected chi connectivity index (χ2v) is 7.36. The topological polar surface area (TPSA) is 74.8 Å². The van der Waals surface area contributed by atoms with Crippen molar-refractivity contribution in [3.05, 3.63) is 53.4 Å². The number of rotatable bonds is 7. The second-order valence-electron chi connectivity index (χ2n) is 6.91. The third-order valence-electron chi connectivity index (χ3n) is 4.85. The lowest BCUT2D eigenvalue weighted by atomic mass is 9.90. The van der Waals surface area contributed by atoms with Crippen LogP contribution in [0, 0.1) is 5.92 Å². The molecule has 1 heterocycles. The molecule has 2 aliphatic carbocycles. The Morgan fingerprint density at radius 1 is 1.17 bits per heavy atom. The van der Waals surface area contributed by atoms with E-state index in [1.807, 2.05) is 0 Å². The molecule has 1 aromatic rings. The first-order valence-electron chi connectivity index (χ1n) is 9.65. The molecule has 3 rings (SSSR count). The van der Waals surface area contributed by atoms with Gasteiger partial charge in [0.1, 0.15) is 11.7 Å². The Bertz CT molecular complexity index is 691. The third-order valence-corrected chi connectivity index (χ3v) is 5.02. The van der Waals surface area contributed by atoms with Gasteiger partial charge in [0.25, 0.3) is 0 Å². The zero-order valence-corrected chi connectivity index (χ0v) is 17.2. The summed E-state index contributed by atoms with van der Waals surface area (Å²) >= 11 is 5.47. The van der Waals surface area contributed by atoms with Crippen molar-refractivity contribution >= 4 is 24.3 Å². The number of nitrogens with one attached hydrogen (secondary N) is 2. The normalized spacial score (nSPS) is 17.2. The van der Waals surface area contributed by atoms with Crippen LogP contribution in [-0.4, -0.2) is 28.9 Å². The standard InChI is InChI=1S/C13H16ClF2NO.C4H4N2O.C4H8/c1-8(14)12(16)11(9(2)15)13(17-7-18)10-5-3-4-6-10;7-3-4-1-5-6-2-4;1-2-4-3-1/h7,10,13H,1-6H2,(H,17,18);1-3H,(H,5,6);1-4H2/b12-11-;;. The monoisotopic (exact) mass is 427 g/mol. The van der Waals surface area contributed by atoms with E-state index in [0.717, 1.165) is 32.0 Å². The zero-order valence-electron chi connectivity index (χ0n) is 16.4. The summed E-state index contributed by atoms with van der Waals surface area (Å²) in [6.07, 6.45) is 13.8. The number of carbonyl (C=O) groups is 2. The number of amides is 1. The summed E-state index contributed by atoms with van der Waals surface area (Å²) in [5.41, 5.74) is 0.286. The molecule has 2 saturated carbocycles. The van der Waals surface area contributed by atoms with Gasteiger partial charge in [-0.1, -0.05) is 63.3 Å². The molecule has 2 fully saturated rings. The molecule has 5 nitrogen and oxygen atoms in total. The number of carbonyl (C=O) groups excluding carboxylic acids is 2. The molecular formula is C21H28ClF2N3O2. The van der Waals surface area contributed by atoms with Crippen molar-refractivity contribution in [2.75, 3.05) is 0 Å². The molecule has 0 bridgehead atoms. The lowest BCUT2D eigenvalue weighted by Gasteiger charge is -2.25. The van der Waals surface area contributed by atoms with E-state index in [1.54, 1.807) is 0 Å². The van der Waals surface area contributed by atoms with E-state index in [-0.39, 0.29) is 16.5 Å². The number of hydrogen-bond acceptors (Lipinski definition) is 3. The van der Waals surface area contributed by atoms with Crippen LogP contribution in [-0.2, 0) is 4.79 Å². The van der Waals surface area contributed by atoms with Crippen molar-refractivity contribution in [2.24, 2.45) is 5.92 Å². The van der Waals surface area contributed by atoms with Crippen molar-refractivity contribution < 1.29 is 18.4 Å². The number of aromatic nitrogens is 2. The Morgan fingerprint density at radius 3 is 2.07 bits per heavy atom. The van der Waals surface area contributed by atoms with Crippen LogP contribution in [0.15, 0.2) is 47.8 Å². The first-order chi connectivity index (χ1) is 13.9. The van der Waals surface area contributed by atoms with Crippen molar-refractivity contribution in [3.8, 4) is 0 Å². The van der Waals surface area contributed by atoms with Crippen molar-refractivity contribution in [1.82, 2.24) is 15.5 Å². The minimum Gasteiger partial charge on any atom is -0.351 e. The summed E-state index contributed by atoms with van der Waals surface area (Å²) in [4.78, 5) is 20.4. The van der Waals surface area contributed by atoms with Gasteiger partial charge in [0.15, 0.2) is 6.29 Å². The average Bonchev–Trinajstić information content (AvgIpc) is 3.33. The number of aromatic amines is 1. The van der Waals surface area contributed by atoms with Crippen molar-refractivity contribution in [2.45, 2.75) is 57.4 Å². The van der Waals surface area contributed by atoms with Crippen LogP contribution >= 0.6 is 11.6 Å². The number of nitrogens with zero attached hydrogens (tertiary/aromatic N) is 1. The Hall–Kier alpha value is -2.28. The molecule has 2 aliphatic rings. The van der Waals surface area contributed by atoms with Gasteiger partial charge in [0, 0.05) is 11.8 Å². The van der Waals surface area contributed by atoms with Gasteiger partial charge < -0.3 is 5.32 Å². The van der Waals surface area contributed by atoms with E-state index in [4.69, 9.17) is 11.6 Å². The fourth-order valence-corrected chi connectivity index (χ4v) is 3.07. The molecule has 0 saturated heterocycles. The van der Waals surface area contributed by atoms with Gasteiger partial charge >= 0.3 is 0 Å². The lowest BCUT2D eigenvalue weighted by molar-refractivity contribution is -0.110. The van der Waals surface area contributed by atoms with E-state index < -0.39 is 17.7 Å². The SMILES string of the molecule is C1CCC1.C=C(Cl)/C(F)=C(\C(=C)F)C(NC=O)C1CCCC1.O=Cc1cn[nH]c1. The Balaban J connectivity index is 0.000000307. The minimum atomic E-state index is -0.949. The average molecular weight is 428 g/mol. The predicted molar refractivity (Wildman–Crippen MR) is 111 cm³/mol. The maximum absolute atomic E-state index is 13.9. The van der Waals surface area contributed by atoms with Crippen molar-refractivity contribution in [1.29, 1.82) is 0 Å². The highest BCUT2D eigenvalue weighted by Crippen LogP contribution is 2.36. The highest BCUT2D eigenvalue weighted by atomic mass is 35.5.